The first-order valence-corrected chi connectivity index (χ1v) is 16.6. The number of likely N-dealkylation sites (tertiary alicyclic amines) is 2. The third-order valence-electron chi connectivity index (χ3n) is 9.66. The highest BCUT2D eigenvalue weighted by Gasteiger charge is 2.32. The van der Waals surface area contributed by atoms with Gasteiger partial charge in [0.1, 0.15) is 5.75 Å². The summed E-state index contributed by atoms with van der Waals surface area (Å²) in [5.74, 6) is -0.170. The van der Waals surface area contributed by atoms with Gasteiger partial charge in [-0.15, -0.1) is 0 Å². The number of aryl methyl sites for hydroxylation is 1. The summed E-state index contributed by atoms with van der Waals surface area (Å²) in [5, 5.41) is 3.56. The number of carbonyl (C=O) groups excluding carboxylic acids is 3. The van der Waals surface area contributed by atoms with Crippen LogP contribution in [0, 0.1) is 0 Å². The van der Waals surface area contributed by atoms with Crippen molar-refractivity contribution in [1.82, 2.24) is 24.7 Å². The quantitative estimate of drug-likeness (QED) is 0.202. The number of nitrogens with zero attached hydrogens (tertiary/aromatic N) is 4. The zero-order valence-corrected chi connectivity index (χ0v) is 27.4. The fourth-order valence-corrected chi connectivity index (χ4v) is 7.31. The Morgan fingerprint density at radius 1 is 1.09 bits per heavy atom. The molecule has 0 radical (unpaired) electrons. The molecule has 1 atom stereocenters. The molecule has 12 heteroatoms. The van der Waals surface area contributed by atoms with Gasteiger partial charge in [0.25, 0.3) is 5.56 Å². The lowest BCUT2D eigenvalue weighted by Crippen LogP contribution is -2.48. The molecule has 47 heavy (non-hydrogen) atoms. The fraction of sp³-hybridized carbons (Fsp3) is 0.514. The van der Waals surface area contributed by atoms with Gasteiger partial charge in [0.05, 0.1) is 42.2 Å². The average molecular weight is 646 g/mol. The van der Waals surface area contributed by atoms with Crippen LogP contribution < -0.4 is 15.6 Å². The maximum absolute atomic E-state index is 13.8. The molecule has 6 rings (SSSR count). The van der Waals surface area contributed by atoms with Crippen LogP contribution in [0.1, 0.15) is 67.4 Å². The van der Waals surface area contributed by atoms with E-state index in [9.17, 15) is 19.2 Å². The lowest BCUT2D eigenvalue weighted by Gasteiger charge is -2.39. The summed E-state index contributed by atoms with van der Waals surface area (Å²) in [4.78, 5) is 60.7. The zero-order valence-electron chi connectivity index (χ0n) is 27.4. The first-order chi connectivity index (χ1) is 22.9. The van der Waals surface area contributed by atoms with Crippen molar-refractivity contribution < 1.29 is 28.6 Å². The van der Waals surface area contributed by atoms with Crippen LogP contribution in [0.4, 0.5) is 4.79 Å². The number of methoxy groups -OCH3 is 1. The molecule has 5 heterocycles. The SMILES string of the molecule is CCc1c2c(nc3ccc(OC(=O)N4CCC(N5CCCCC5)CC4)cc13)-c1cc([C@@H](C=O)OC(=O)CNC)c(COC)c(=O)n1C2. The normalized spacial score (nSPS) is 17.3. The highest BCUT2D eigenvalue weighted by molar-refractivity contribution is 5.90. The van der Waals surface area contributed by atoms with Gasteiger partial charge in [0.2, 0.25) is 0 Å². The lowest BCUT2D eigenvalue weighted by atomic mass is 9.98. The Morgan fingerprint density at radius 2 is 1.85 bits per heavy atom. The molecule has 3 aliphatic rings. The van der Waals surface area contributed by atoms with Crippen LogP contribution in [0.25, 0.3) is 22.3 Å². The summed E-state index contributed by atoms with van der Waals surface area (Å²) in [6, 6.07) is 7.68. The minimum absolute atomic E-state index is 0.0561. The van der Waals surface area contributed by atoms with Gasteiger partial charge in [-0.25, -0.2) is 9.78 Å². The molecule has 2 fully saturated rings. The average Bonchev–Trinajstić information content (AvgIpc) is 3.46. The number of rotatable bonds is 10. The number of ether oxygens (including phenoxy) is 3. The van der Waals surface area contributed by atoms with Crippen molar-refractivity contribution in [3.05, 3.63) is 56.9 Å². The van der Waals surface area contributed by atoms with Crippen LogP contribution in [-0.4, -0.2) is 90.6 Å². The molecule has 2 aromatic heterocycles. The number of nitrogens with one attached hydrogen (secondary N) is 1. The molecule has 12 nitrogen and oxygen atoms in total. The molecular weight excluding hydrogens is 602 g/mol. The predicted molar refractivity (Wildman–Crippen MR) is 175 cm³/mol. The molecule has 250 valence electrons. The van der Waals surface area contributed by atoms with Crippen molar-refractivity contribution in [3.63, 3.8) is 0 Å². The first-order valence-electron chi connectivity index (χ1n) is 16.6. The second-order valence-corrected chi connectivity index (χ2v) is 12.5. The number of benzene rings is 1. The number of piperidine rings is 2. The number of likely N-dealkylation sites (N-methyl/N-ethyl adjacent to an activating group) is 1. The molecule has 0 saturated carbocycles. The smallest absolute Gasteiger partial charge is 0.415 e. The number of carbonyl (C=O) groups is 3. The van der Waals surface area contributed by atoms with Crippen molar-refractivity contribution in [1.29, 1.82) is 0 Å². The number of esters is 1. The van der Waals surface area contributed by atoms with E-state index < -0.39 is 12.1 Å². The molecule has 0 aliphatic carbocycles. The van der Waals surface area contributed by atoms with Crippen molar-refractivity contribution in [2.45, 2.75) is 70.7 Å². The van der Waals surface area contributed by atoms with E-state index in [4.69, 9.17) is 19.2 Å². The molecule has 3 aliphatic heterocycles. The minimum Gasteiger partial charge on any atom is -0.449 e. The third kappa shape index (κ3) is 6.54. The maximum atomic E-state index is 13.8. The van der Waals surface area contributed by atoms with E-state index in [1.165, 1.54) is 26.4 Å². The predicted octanol–water partition coefficient (Wildman–Crippen LogP) is 3.59. The standard InChI is InChI=1S/C35H43N5O7/c1-4-24-25-16-23(46-35(44)39-14-10-22(11-15-39)38-12-6-5-7-13-38)8-9-29(25)37-33-27(24)19-40-30(33)17-26(28(21-45-3)34(40)43)31(20-41)47-32(42)18-36-2/h8-9,16-17,20,22,31,36H,4-7,10-15,18-19,21H2,1-3H3/t31-/m1/s1. The molecule has 1 aromatic carbocycles. The molecule has 0 bridgehead atoms. The largest absolute Gasteiger partial charge is 0.449 e. The Morgan fingerprint density at radius 3 is 2.53 bits per heavy atom. The first kappa shape index (κ1) is 32.8. The summed E-state index contributed by atoms with van der Waals surface area (Å²) in [5.41, 5.74) is 3.93. The number of pyridine rings is 2. The zero-order chi connectivity index (χ0) is 33.1. The molecule has 2 saturated heterocycles. The molecule has 1 amide bonds. The van der Waals surface area contributed by atoms with Crippen molar-refractivity contribution in [2.24, 2.45) is 0 Å². The highest BCUT2D eigenvalue weighted by atomic mass is 16.6. The van der Waals surface area contributed by atoms with E-state index in [0.717, 1.165) is 42.4 Å². The molecule has 0 unspecified atom stereocenters. The summed E-state index contributed by atoms with van der Waals surface area (Å²) in [6.07, 6.45) is 5.30. The van der Waals surface area contributed by atoms with E-state index in [1.807, 2.05) is 19.1 Å². The Labute approximate surface area is 274 Å². The topological polar surface area (TPSA) is 132 Å². The summed E-state index contributed by atoms with van der Waals surface area (Å²) in [7, 11) is 3.06. The van der Waals surface area contributed by atoms with Gasteiger partial charge in [0.15, 0.2) is 12.4 Å². The van der Waals surface area contributed by atoms with Crippen molar-refractivity contribution >= 4 is 29.3 Å². The van der Waals surface area contributed by atoms with Gasteiger partial charge in [-0.3, -0.25) is 14.4 Å². The van der Waals surface area contributed by atoms with E-state index >= 15 is 0 Å². The second kappa shape index (κ2) is 14.3. The second-order valence-electron chi connectivity index (χ2n) is 12.5. The van der Waals surface area contributed by atoms with Crippen LogP contribution in [0.3, 0.4) is 0 Å². The van der Waals surface area contributed by atoms with Crippen molar-refractivity contribution in [2.75, 3.05) is 46.9 Å². The van der Waals surface area contributed by atoms with E-state index in [2.05, 4.69) is 10.2 Å². The van der Waals surface area contributed by atoms with Gasteiger partial charge in [0, 0.05) is 42.8 Å². The van der Waals surface area contributed by atoms with E-state index in [0.29, 0.717) is 54.5 Å². The van der Waals surface area contributed by atoms with Gasteiger partial charge in [-0.1, -0.05) is 13.3 Å². The van der Waals surface area contributed by atoms with Crippen LogP contribution >= 0.6 is 0 Å². The van der Waals surface area contributed by atoms with E-state index in [-0.39, 0.29) is 42.5 Å². The number of hydrogen-bond donors (Lipinski definition) is 1. The summed E-state index contributed by atoms with van der Waals surface area (Å²) >= 11 is 0. The Kier molecular flexibility index (Phi) is 10.00. The van der Waals surface area contributed by atoms with E-state index in [1.54, 1.807) is 28.6 Å². The Hall–Kier alpha value is -4.13. The van der Waals surface area contributed by atoms with Crippen LogP contribution in [-0.2, 0) is 38.6 Å². The molecule has 1 N–H and O–H groups in total. The van der Waals surface area contributed by atoms with Gasteiger partial charge >= 0.3 is 12.1 Å². The van der Waals surface area contributed by atoms with Crippen LogP contribution in [0.15, 0.2) is 29.1 Å². The van der Waals surface area contributed by atoms with Crippen molar-refractivity contribution in [3.8, 4) is 17.1 Å². The maximum Gasteiger partial charge on any atom is 0.415 e. The van der Waals surface area contributed by atoms with Gasteiger partial charge in [-0.2, -0.15) is 0 Å². The molecular formula is C35H43N5O7. The van der Waals surface area contributed by atoms with Gasteiger partial charge in [-0.05, 0) is 82.1 Å². The van der Waals surface area contributed by atoms with Crippen LogP contribution in [0.5, 0.6) is 5.75 Å². The summed E-state index contributed by atoms with van der Waals surface area (Å²) < 4.78 is 18.2. The highest BCUT2D eigenvalue weighted by Crippen LogP contribution is 2.38. The Bertz CT molecular complexity index is 1720. The number of aldehydes is 1. The fourth-order valence-electron chi connectivity index (χ4n) is 7.31. The third-order valence-corrected chi connectivity index (χ3v) is 9.66. The van der Waals surface area contributed by atoms with Crippen LogP contribution in [0.2, 0.25) is 0 Å². The summed E-state index contributed by atoms with van der Waals surface area (Å²) in [6.45, 7) is 5.86. The Balaban J connectivity index is 1.27. The number of amides is 1. The van der Waals surface area contributed by atoms with Gasteiger partial charge < -0.3 is 33.9 Å². The minimum atomic E-state index is -1.28. The number of fused-ring (bicyclic) bond motifs is 4. The monoisotopic (exact) mass is 645 g/mol. The molecule has 3 aromatic rings. The lowest BCUT2D eigenvalue weighted by molar-refractivity contribution is -0.151. The molecule has 0 spiro atoms. The number of hydrogen-bond acceptors (Lipinski definition) is 10. The number of aromatic nitrogens is 2.